The van der Waals surface area contributed by atoms with Crippen LogP contribution in [0.1, 0.15) is 114 Å². The molecule has 12 nitrogen and oxygen atoms in total. The van der Waals surface area contributed by atoms with Crippen molar-refractivity contribution in [2.75, 3.05) is 13.1 Å². The summed E-state index contributed by atoms with van der Waals surface area (Å²) in [4.78, 5) is 50.9. The Hall–Kier alpha value is -6.04. The van der Waals surface area contributed by atoms with Crippen molar-refractivity contribution in [2.45, 2.75) is 78.0 Å². The van der Waals surface area contributed by atoms with Gasteiger partial charge in [-0.2, -0.15) is 0 Å². The second kappa shape index (κ2) is 16.7. The highest BCUT2D eigenvalue weighted by atomic mass is 16.6. The zero-order valence-electron chi connectivity index (χ0n) is 31.2. The van der Waals surface area contributed by atoms with E-state index in [-0.39, 0.29) is 34.8 Å². The zero-order valence-corrected chi connectivity index (χ0v) is 31.2. The Balaban J connectivity index is 0.00000276. The lowest BCUT2D eigenvalue weighted by molar-refractivity contribution is 0.0223. The molecular formula is C42H47N3O9. The largest absolute Gasteiger partial charge is 0.508 e. The summed E-state index contributed by atoms with van der Waals surface area (Å²) >= 11 is 0. The summed E-state index contributed by atoms with van der Waals surface area (Å²) in [5.74, 6) is -0.627. The molecule has 0 fully saturated rings. The molecule has 0 aromatic heterocycles. The third-order valence-corrected chi connectivity index (χ3v) is 8.76. The Kier molecular flexibility index (Phi) is 12.1. The van der Waals surface area contributed by atoms with Gasteiger partial charge in [0, 0.05) is 59.6 Å². The van der Waals surface area contributed by atoms with Crippen molar-refractivity contribution in [3.05, 3.63) is 118 Å². The molecule has 12 heteroatoms. The summed E-state index contributed by atoms with van der Waals surface area (Å²) in [5.41, 5.74) is 1.41. The van der Waals surface area contributed by atoms with E-state index in [1.807, 2.05) is 13.8 Å². The number of esters is 1. The molecule has 5 N–H and O–H groups in total. The van der Waals surface area contributed by atoms with Crippen LogP contribution in [0.4, 0.5) is 4.79 Å². The maximum Gasteiger partial charge on any atom is 0.407 e. The minimum absolute atomic E-state index is 0.0468. The third kappa shape index (κ3) is 8.76. The van der Waals surface area contributed by atoms with Gasteiger partial charge in [-0.3, -0.25) is 9.59 Å². The van der Waals surface area contributed by atoms with Gasteiger partial charge in [0.15, 0.2) is 5.60 Å². The molecule has 0 radical (unpaired) electrons. The van der Waals surface area contributed by atoms with Gasteiger partial charge in [0.2, 0.25) is 0 Å². The number of hydrogen-bond donors (Lipinski definition) is 5. The molecule has 6 rings (SSSR count). The van der Waals surface area contributed by atoms with E-state index >= 15 is 0 Å². The second-order valence-corrected chi connectivity index (χ2v) is 13.8. The van der Waals surface area contributed by atoms with Gasteiger partial charge < -0.3 is 40.4 Å². The number of phenolic OH excluding ortho intramolecular Hbond substituents is 2. The molecule has 0 saturated heterocycles. The van der Waals surface area contributed by atoms with E-state index in [1.165, 1.54) is 24.3 Å². The number of ether oxygens (including phenoxy) is 3. The molecule has 4 aromatic rings. The first kappa shape index (κ1) is 39.2. The molecule has 54 heavy (non-hydrogen) atoms. The minimum Gasteiger partial charge on any atom is -0.508 e. The van der Waals surface area contributed by atoms with Crippen molar-refractivity contribution in [1.29, 1.82) is 0 Å². The van der Waals surface area contributed by atoms with E-state index in [2.05, 4.69) is 16.0 Å². The highest BCUT2D eigenvalue weighted by molar-refractivity contribution is 6.00. The fourth-order valence-electron chi connectivity index (χ4n) is 6.31. The topological polar surface area (TPSA) is 173 Å². The van der Waals surface area contributed by atoms with Crippen LogP contribution in [0.3, 0.4) is 0 Å². The fourth-order valence-corrected chi connectivity index (χ4v) is 6.31. The Bertz CT molecular complexity index is 1970. The van der Waals surface area contributed by atoms with Crippen molar-refractivity contribution in [1.82, 2.24) is 16.0 Å². The van der Waals surface area contributed by atoms with Gasteiger partial charge in [-0.05, 0) is 93.8 Å². The number of fused-ring (bicyclic) bond motifs is 6. The molecule has 1 spiro atoms. The SMILES string of the molecule is CC.CC(C)(C)OC(=O)NCc1ccc(C(=O)NCCCCCCNC(=O)c2ccc3c(c2)C2(OC3=O)c3ccc(O)cc3Oc3cc(O)ccc32)cc1. The van der Waals surface area contributed by atoms with Crippen molar-refractivity contribution in [2.24, 2.45) is 0 Å². The molecule has 0 aliphatic carbocycles. The maximum atomic E-state index is 13.3. The van der Waals surface area contributed by atoms with E-state index < -0.39 is 23.3 Å². The normalized spacial score (nSPS) is 13.2. The predicted molar refractivity (Wildman–Crippen MR) is 202 cm³/mol. The molecule has 2 aliphatic rings. The number of carbonyl (C=O) groups is 4. The number of benzene rings is 4. The molecule has 4 aromatic carbocycles. The molecule has 2 heterocycles. The lowest BCUT2D eigenvalue weighted by Crippen LogP contribution is -2.33. The third-order valence-electron chi connectivity index (χ3n) is 8.76. The summed E-state index contributed by atoms with van der Waals surface area (Å²) < 4.78 is 17.3. The average Bonchev–Trinajstić information content (AvgIpc) is 3.43. The van der Waals surface area contributed by atoms with Crippen molar-refractivity contribution < 1.29 is 43.6 Å². The average molecular weight is 738 g/mol. The smallest absolute Gasteiger partial charge is 0.407 e. The van der Waals surface area contributed by atoms with Gasteiger partial charge in [0.05, 0.1) is 5.56 Å². The summed E-state index contributed by atoms with van der Waals surface area (Å²) in [6, 6.07) is 20.8. The van der Waals surface area contributed by atoms with Crippen molar-refractivity contribution in [3.8, 4) is 23.0 Å². The monoisotopic (exact) mass is 737 g/mol. The number of nitrogens with one attached hydrogen (secondary N) is 3. The van der Waals surface area contributed by atoms with Crippen molar-refractivity contribution in [3.63, 3.8) is 0 Å². The maximum absolute atomic E-state index is 13.3. The Morgan fingerprint density at radius 3 is 1.78 bits per heavy atom. The second-order valence-electron chi connectivity index (χ2n) is 13.8. The van der Waals surface area contributed by atoms with Crippen LogP contribution < -0.4 is 20.7 Å². The van der Waals surface area contributed by atoms with Crippen LogP contribution in [0.2, 0.25) is 0 Å². The molecule has 3 amide bonds. The van der Waals surface area contributed by atoms with E-state index in [4.69, 9.17) is 14.2 Å². The van der Waals surface area contributed by atoms with E-state index in [0.29, 0.717) is 53.0 Å². The number of phenols is 2. The number of hydrogen-bond acceptors (Lipinski definition) is 9. The summed E-state index contributed by atoms with van der Waals surface area (Å²) in [5, 5.41) is 28.9. The summed E-state index contributed by atoms with van der Waals surface area (Å²) in [6.45, 7) is 10.6. The van der Waals surface area contributed by atoms with E-state index in [1.54, 1.807) is 75.4 Å². The van der Waals surface area contributed by atoms with E-state index in [9.17, 15) is 29.4 Å². The van der Waals surface area contributed by atoms with E-state index in [0.717, 1.165) is 31.2 Å². The first-order chi connectivity index (χ1) is 25.8. The molecule has 0 atom stereocenters. The minimum atomic E-state index is -1.45. The van der Waals surface area contributed by atoms with Crippen LogP contribution >= 0.6 is 0 Å². The van der Waals surface area contributed by atoms with Crippen LogP contribution in [-0.2, 0) is 21.6 Å². The highest BCUT2D eigenvalue weighted by Crippen LogP contribution is 2.57. The molecule has 2 aliphatic heterocycles. The lowest BCUT2D eigenvalue weighted by Gasteiger charge is -2.36. The van der Waals surface area contributed by atoms with Crippen LogP contribution in [0.15, 0.2) is 78.9 Å². The standard InChI is InChI=1S/C40H41N3O9.C2H6/c1-39(2,3)52-38(49)43-23-24-8-10-25(11-9-24)35(46)41-18-6-4-5-7-19-42-36(47)26-12-15-29-32(20-26)40(51-37(29)48)30-16-13-27(44)21-33(30)50-34-22-28(45)14-17-31(34)40;1-2/h8-17,20-22,44-45H,4-7,18-19,23H2,1-3H3,(H,41,46)(H,42,47)(H,43,49);1-2H3. The molecular weight excluding hydrogens is 690 g/mol. The lowest BCUT2D eigenvalue weighted by atomic mass is 9.77. The first-order valence-corrected chi connectivity index (χ1v) is 18.2. The fraction of sp³-hybridized carbons (Fsp3) is 0.333. The van der Waals surface area contributed by atoms with Gasteiger partial charge in [-0.25, -0.2) is 9.59 Å². The highest BCUT2D eigenvalue weighted by Gasteiger charge is 2.54. The van der Waals surface area contributed by atoms with Gasteiger partial charge in [-0.1, -0.05) is 38.8 Å². The van der Waals surface area contributed by atoms with Crippen LogP contribution in [0, 0.1) is 0 Å². The van der Waals surface area contributed by atoms with Crippen molar-refractivity contribution >= 4 is 23.9 Å². The van der Waals surface area contributed by atoms with Crippen LogP contribution in [0.25, 0.3) is 0 Å². The number of alkyl carbamates (subject to hydrolysis) is 1. The predicted octanol–water partition coefficient (Wildman–Crippen LogP) is 7.44. The number of rotatable bonds is 11. The zero-order chi connectivity index (χ0) is 39.0. The van der Waals surface area contributed by atoms with Crippen LogP contribution in [-0.4, -0.2) is 52.8 Å². The Morgan fingerprint density at radius 1 is 0.685 bits per heavy atom. The molecule has 284 valence electrons. The first-order valence-electron chi connectivity index (χ1n) is 18.2. The van der Waals surface area contributed by atoms with Crippen LogP contribution in [0.5, 0.6) is 23.0 Å². The number of carbonyl (C=O) groups excluding carboxylic acids is 4. The summed E-state index contributed by atoms with van der Waals surface area (Å²) in [7, 11) is 0. The summed E-state index contributed by atoms with van der Waals surface area (Å²) in [6.07, 6.45) is 2.72. The number of aromatic hydroxyl groups is 2. The molecule has 0 bridgehead atoms. The number of amides is 3. The van der Waals surface area contributed by atoms with Gasteiger partial charge in [0.1, 0.15) is 28.6 Å². The Labute approximate surface area is 314 Å². The molecule has 0 saturated carbocycles. The quantitative estimate of drug-likeness (QED) is 0.0775. The van der Waals surface area contributed by atoms with Gasteiger partial charge in [0.25, 0.3) is 11.8 Å². The van der Waals surface area contributed by atoms with Gasteiger partial charge >= 0.3 is 12.1 Å². The Morgan fingerprint density at radius 2 is 1.22 bits per heavy atom. The number of unbranched alkanes of at least 4 members (excludes halogenated alkanes) is 3. The molecule has 0 unspecified atom stereocenters. The van der Waals surface area contributed by atoms with Gasteiger partial charge in [-0.15, -0.1) is 0 Å².